The number of benzene rings is 2. The van der Waals surface area contributed by atoms with Crippen LogP contribution in [0.2, 0.25) is 0 Å². The number of thiocarbonyl (C=S) groups is 1. The standard InChI is InChI=1S/C25H27N3O5S/c1-3-15(2)26-25(34)28(12-16-4-5-20-21(8-16)33-14-32-20)13-18-9-17-10-22-23(31-7-6-30-22)11-19(17)27-24(18)29/h4-5,8-11,15H,3,6-7,12-14H2,1-2H3,(H,26,34)(H,27,29)/t15-/m1/s1. The lowest BCUT2D eigenvalue weighted by atomic mass is 10.1. The molecule has 9 heteroatoms. The highest BCUT2D eigenvalue weighted by Crippen LogP contribution is 2.34. The van der Waals surface area contributed by atoms with E-state index in [2.05, 4.69) is 24.1 Å². The Kier molecular flexibility index (Phi) is 6.19. The van der Waals surface area contributed by atoms with Crippen LogP contribution in [0.25, 0.3) is 10.9 Å². The third-order valence-electron chi connectivity index (χ3n) is 6.03. The number of hydrogen-bond acceptors (Lipinski definition) is 6. The molecule has 0 unspecified atom stereocenters. The van der Waals surface area contributed by atoms with Gasteiger partial charge in [0.1, 0.15) is 13.2 Å². The first kappa shape index (κ1) is 22.3. The maximum Gasteiger partial charge on any atom is 0.253 e. The van der Waals surface area contributed by atoms with Crippen LogP contribution in [0.5, 0.6) is 23.0 Å². The molecule has 5 rings (SSSR count). The molecule has 0 bridgehead atoms. The Bertz CT molecular complexity index is 1290. The predicted octanol–water partition coefficient (Wildman–Crippen LogP) is 3.70. The second kappa shape index (κ2) is 9.42. The van der Waals surface area contributed by atoms with E-state index in [1.165, 1.54) is 0 Å². The lowest BCUT2D eigenvalue weighted by Crippen LogP contribution is -2.43. The fourth-order valence-electron chi connectivity index (χ4n) is 3.97. The predicted molar refractivity (Wildman–Crippen MR) is 133 cm³/mol. The van der Waals surface area contributed by atoms with E-state index in [9.17, 15) is 4.79 Å². The maximum absolute atomic E-state index is 13.0. The average Bonchev–Trinajstić information content (AvgIpc) is 3.30. The lowest BCUT2D eigenvalue weighted by Gasteiger charge is -2.28. The van der Waals surface area contributed by atoms with Crippen LogP contribution in [-0.4, -0.2) is 41.0 Å². The van der Waals surface area contributed by atoms with Crippen LogP contribution >= 0.6 is 12.2 Å². The van der Waals surface area contributed by atoms with Crippen molar-refractivity contribution in [2.24, 2.45) is 0 Å². The molecule has 0 aliphatic carbocycles. The van der Waals surface area contributed by atoms with Crippen molar-refractivity contribution in [2.45, 2.75) is 39.4 Å². The van der Waals surface area contributed by atoms with Crippen LogP contribution in [0, 0.1) is 0 Å². The number of aromatic amines is 1. The second-order valence-corrected chi connectivity index (χ2v) is 8.90. The monoisotopic (exact) mass is 481 g/mol. The molecule has 8 nitrogen and oxygen atoms in total. The summed E-state index contributed by atoms with van der Waals surface area (Å²) in [6, 6.07) is 11.7. The van der Waals surface area contributed by atoms with Gasteiger partial charge in [-0.25, -0.2) is 0 Å². The molecule has 178 valence electrons. The minimum absolute atomic E-state index is 0.161. The topological polar surface area (TPSA) is 85.1 Å². The summed E-state index contributed by atoms with van der Waals surface area (Å²) in [5, 5.41) is 4.84. The SMILES string of the molecule is CC[C@@H](C)NC(=S)N(Cc1ccc2c(c1)OCO2)Cc1cc2cc3c(cc2[nH]c1=O)OCCO3. The number of rotatable bonds is 6. The Morgan fingerprint density at radius 3 is 2.56 bits per heavy atom. The van der Waals surface area contributed by atoms with Crippen molar-refractivity contribution < 1.29 is 18.9 Å². The minimum atomic E-state index is -0.161. The molecule has 0 fully saturated rings. The van der Waals surface area contributed by atoms with Gasteiger partial charge in [0.2, 0.25) is 6.79 Å². The molecule has 0 amide bonds. The Balaban J connectivity index is 1.45. The van der Waals surface area contributed by atoms with Gasteiger partial charge in [-0.2, -0.15) is 0 Å². The lowest BCUT2D eigenvalue weighted by molar-refractivity contribution is 0.172. The molecule has 1 aromatic heterocycles. The molecular formula is C25H27N3O5S. The second-order valence-electron chi connectivity index (χ2n) is 8.51. The number of hydrogen-bond donors (Lipinski definition) is 2. The Morgan fingerprint density at radius 1 is 1.03 bits per heavy atom. The molecule has 0 saturated carbocycles. The first-order valence-electron chi connectivity index (χ1n) is 11.4. The van der Waals surface area contributed by atoms with Crippen LogP contribution in [0.15, 0.2) is 41.2 Å². The van der Waals surface area contributed by atoms with E-state index in [0.717, 1.165) is 23.1 Å². The summed E-state index contributed by atoms with van der Waals surface area (Å²) in [6.45, 7) is 6.27. The summed E-state index contributed by atoms with van der Waals surface area (Å²) in [5.74, 6) is 2.78. The van der Waals surface area contributed by atoms with Crippen LogP contribution < -0.4 is 29.8 Å². The molecule has 0 saturated heterocycles. The summed E-state index contributed by atoms with van der Waals surface area (Å²) in [5.41, 5.74) is 2.17. The fourth-order valence-corrected chi connectivity index (χ4v) is 4.30. The van der Waals surface area contributed by atoms with E-state index in [4.69, 9.17) is 31.2 Å². The van der Waals surface area contributed by atoms with Gasteiger partial charge in [0.05, 0.1) is 12.1 Å². The van der Waals surface area contributed by atoms with Gasteiger partial charge in [-0.3, -0.25) is 4.79 Å². The normalized spacial score (nSPS) is 14.6. The third-order valence-corrected chi connectivity index (χ3v) is 6.40. The number of ether oxygens (including phenoxy) is 4. The van der Waals surface area contributed by atoms with E-state index in [0.29, 0.717) is 59.7 Å². The number of nitrogens with zero attached hydrogens (tertiary/aromatic N) is 1. The number of pyridine rings is 1. The van der Waals surface area contributed by atoms with Gasteiger partial charge < -0.3 is 34.1 Å². The van der Waals surface area contributed by atoms with Crippen molar-refractivity contribution in [1.29, 1.82) is 0 Å². The van der Waals surface area contributed by atoms with Gasteiger partial charge in [-0.05, 0) is 55.4 Å². The molecule has 3 aromatic rings. The highest BCUT2D eigenvalue weighted by Gasteiger charge is 2.19. The molecule has 2 N–H and O–H groups in total. The Labute approximate surface area is 202 Å². The van der Waals surface area contributed by atoms with Gasteiger partial charge >= 0.3 is 0 Å². The Morgan fingerprint density at radius 2 is 1.76 bits per heavy atom. The van der Waals surface area contributed by atoms with Gasteiger partial charge in [0.25, 0.3) is 5.56 Å². The number of H-pyrrole nitrogens is 1. The quantitative estimate of drug-likeness (QED) is 0.516. The zero-order chi connectivity index (χ0) is 23.7. The van der Waals surface area contributed by atoms with Crippen molar-refractivity contribution in [3.05, 3.63) is 57.9 Å². The fraction of sp³-hybridized carbons (Fsp3) is 0.360. The third kappa shape index (κ3) is 4.61. The van der Waals surface area contributed by atoms with Crippen molar-refractivity contribution in [2.75, 3.05) is 20.0 Å². The minimum Gasteiger partial charge on any atom is -0.486 e. The molecule has 2 aliphatic heterocycles. The summed E-state index contributed by atoms with van der Waals surface area (Å²) >= 11 is 5.74. The molecule has 0 spiro atoms. The highest BCUT2D eigenvalue weighted by molar-refractivity contribution is 7.80. The molecular weight excluding hydrogens is 454 g/mol. The van der Waals surface area contributed by atoms with Crippen molar-refractivity contribution >= 4 is 28.2 Å². The van der Waals surface area contributed by atoms with Crippen molar-refractivity contribution in [3.63, 3.8) is 0 Å². The van der Waals surface area contributed by atoms with Gasteiger partial charge in [0, 0.05) is 29.6 Å². The van der Waals surface area contributed by atoms with Crippen molar-refractivity contribution in [3.8, 4) is 23.0 Å². The zero-order valence-electron chi connectivity index (χ0n) is 19.2. The van der Waals surface area contributed by atoms with E-state index in [1.54, 1.807) is 0 Å². The summed E-state index contributed by atoms with van der Waals surface area (Å²) < 4.78 is 22.3. The number of fused-ring (bicyclic) bond motifs is 3. The van der Waals surface area contributed by atoms with Crippen LogP contribution in [0.1, 0.15) is 31.4 Å². The number of nitrogens with one attached hydrogen (secondary N) is 2. The highest BCUT2D eigenvalue weighted by atomic mass is 32.1. The van der Waals surface area contributed by atoms with E-state index in [-0.39, 0.29) is 18.4 Å². The largest absolute Gasteiger partial charge is 0.486 e. The molecule has 34 heavy (non-hydrogen) atoms. The van der Waals surface area contributed by atoms with Crippen LogP contribution in [0.4, 0.5) is 0 Å². The smallest absolute Gasteiger partial charge is 0.253 e. The average molecular weight is 482 g/mol. The number of aromatic nitrogens is 1. The Hall–Kier alpha value is -3.46. The van der Waals surface area contributed by atoms with Crippen LogP contribution in [-0.2, 0) is 13.1 Å². The van der Waals surface area contributed by atoms with Gasteiger partial charge in [0.15, 0.2) is 28.1 Å². The molecule has 1 atom stereocenters. The summed E-state index contributed by atoms with van der Waals surface area (Å²) in [4.78, 5) is 18.0. The van der Waals surface area contributed by atoms with Gasteiger partial charge in [-0.15, -0.1) is 0 Å². The molecule has 2 aliphatic rings. The van der Waals surface area contributed by atoms with Crippen molar-refractivity contribution in [1.82, 2.24) is 15.2 Å². The van der Waals surface area contributed by atoms with Gasteiger partial charge in [-0.1, -0.05) is 13.0 Å². The van der Waals surface area contributed by atoms with E-state index in [1.807, 2.05) is 41.3 Å². The molecule has 0 radical (unpaired) electrons. The first-order valence-corrected chi connectivity index (χ1v) is 11.8. The molecule has 3 heterocycles. The summed E-state index contributed by atoms with van der Waals surface area (Å²) in [7, 11) is 0. The zero-order valence-corrected chi connectivity index (χ0v) is 20.0. The molecule has 2 aromatic carbocycles. The van der Waals surface area contributed by atoms with Crippen LogP contribution in [0.3, 0.4) is 0 Å². The maximum atomic E-state index is 13.0. The van der Waals surface area contributed by atoms with E-state index >= 15 is 0 Å². The first-order chi connectivity index (χ1) is 16.5. The summed E-state index contributed by atoms with van der Waals surface area (Å²) in [6.07, 6.45) is 0.932. The van der Waals surface area contributed by atoms with E-state index < -0.39 is 0 Å².